The number of amides is 1. The van der Waals surface area contributed by atoms with Crippen LogP contribution in [-0.2, 0) is 18.4 Å². The van der Waals surface area contributed by atoms with Crippen LogP contribution in [0.3, 0.4) is 0 Å². The van der Waals surface area contributed by atoms with E-state index in [4.69, 9.17) is 5.11 Å². The Morgan fingerprint density at radius 3 is 2.88 bits per heavy atom. The molecule has 2 heterocycles. The molecule has 16 heavy (non-hydrogen) atoms. The number of aliphatic hydroxyl groups excluding tert-OH is 1. The molecule has 5 nitrogen and oxygen atoms in total. The third kappa shape index (κ3) is 2.09. The average molecular weight is 223 g/mol. The van der Waals surface area contributed by atoms with E-state index < -0.39 is 0 Å². The van der Waals surface area contributed by atoms with E-state index in [-0.39, 0.29) is 18.4 Å². The van der Waals surface area contributed by atoms with Gasteiger partial charge in [0.25, 0.3) is 0 Å². The molecule has 0 bridgehead atoms. The molecule has 1 N–H and O–H groups in total. The second-order valence-corrected chi connectivity index (χ2v) is 4.44. The molecule has 0 aromatic carbocycles. The Bertz CT molecular complexity index is 400. The molecule has 1 aliphatic heterocycles. The van der Waals surface area contributed by atoms with Crippen LogP contribution < -0.4 is 0 Å². The molecular weight excluding hydrogens is 206 g/mol. The fourth-order valence-corrected chi connectivity index (χ4v) is 2.14. The molecule has 1 amide bonds. The molecule has 2 rings (SSSR count). The molecule has 1 fully saturated rings. The molecule has 1 aliphatic rings. The van der Waals surface area contributed by atoms with Crippen molar-refractivity contribution in [2.45, 2.75) is 19.9 Å². The van der Waals surface area contributed by atoms with Crippen molar-refractivity contribution in [2.24, 2.45) is 13.0 Å². The minimum absolute atomic E-state index is 0.0915. The van der Waals surface area contributed by atoms with Crippen LogP contribution in [-0.4, -0.2) is 38.8 Å². The Morgan fingerprint density at radius 1 is 1.62 bits per heavy atom. The van der Waals surface area contributed by atoms with Crippen LogP contribution in [0, 0.1) is 12.8 Å². The Hall–Kier alpha value is -1.36. The van der Waals surface area contributed by atoms with Gasteiger partial charge in [-0.05, 0) is 6.92 Å². The first-order valence-electron chi connectivity index (χ1n) is 5.48. The first-order valence-corrected chi connectivity index (χ1v) is 5.48. The minimum atomic E-state index is 0.0915. The summed E-state index contributed by atoms with van der Waals surface area (Å²) in [7, 11) is 1.87. The quantitative estimate of drug-likeness (QED) is 0.789. The zero-order valence-electron chi connectivity index (χ0n) is 9.68. The fourth-order valence-electron chi connectivity index (χ4n) is 2.14. The number of hydrogen-bond acceptors (Lipinski definition) is 3. The number of likely N-dealkylation sites (tertiary alicyclic amines) is 1. The highest BCUT2D eigenvalue weighted by atomic mass is 16.3. The first kappa shape index (κ1) is 11.1. The van der Waals surface area contributed by atoms with Crippen LogP contribution in [0.4, 0.5) is 0 Å². The van der Waals surface area contributed by atoms with Gasteiger partial charge in [-0.25, -0.2) is 0 Å². The van der Waals surface area contributed by atoms with Crippen LogP contribution in [0.2, 0.25) is 0 Å². The van der Waals surface area contributed by atoms with Crippen LogP contribution in [0.15, 0.2) is 6.20 Å². The van der Waals surface area contributed by atoms with Crippen molar-refractivity contribution in [3.8, 4) is 0 Å². The predicted octanol–water partition coefficient (Wildman–Crippen LogP) is 0.0693. The SMILES string of the molecule is Cc1nn(C)cc1CN1CC(CO)CC1=O. The van der Waals surface area contributed by atoms with E-state index >= 15 is 0 Å². The lowest BCUT2D eigenvalue weighted by molar-refractivity contribution is -0.128. The van der Waals surface area contributed by atoms with Crippen LogP contribution in [0.1, 0.15) is 17.7 Å². The number of aliphatic hydroxyl groups is 1. The summed E-state index contributed by atoms with van der Waals surface area (Å²) in [4.78, 5) is 13.5. The summed E-state index contributed by atoms with van der Waals surface area (Å²) < 4.78 is 1.76. The van der Waals surface area contributed by atoms with Crippen molar-refractivity contribution in [1.29, 1.82) is 0 Å². The van der Waals surface area contributed by atoms with Crippen LogP contribution >= 0.6 is 0 Å². The molecule has 0 aliphatic carbocycles. The van der Waals surface area contributed by atoms with E-state index in [1.165, 1.54) is 0 Å². The van der Waals surface area contributed by atoms with Gasteiger partial charge >= 0.3 is 0 Å². The van der Waals surface area contributed by atoms with Crippen molar-refractivity contribution in [3.63, 3.8) is 0 Å². The smallest absolute Gasteiger partial charge is 0.223 e. The second-order valence-electron chi connectivity index (χ2n) is 4.44. The van der Waals surface area contributed by atoms with Crippen molar-refractivity contribution < 1.29 is 9.90 Å². The molecular formula is C11H17N3O2. The highest BCUT2D eigenvalue weighted by molar-refractivity contribution is 5.78. The Morgan fingerprint density at radius 2 is 2.38 bits per heavy atom. The number of hydrogen-bond donors (Lipinski definition) is 1. The van der Waals surface area contributed by atoms with Gasteiger partial charge in [0, 0.05) is 50.8 Å². The molecule has 0 spiro atoms. The second kappa shape index (κ2) is 4.25. The summed E-state index contributed by atoms with van der Waals surface area (Å²) in [5, 5.41) is 13.3. The van der Waals surface area contributed by atoms with Crippen LogP contribution in [0.25, 0.3) is 0 Å². The number of aromatic nitrogens is 2. The summed E-state index contributed by atoms with van der Waals surface area (Å²) in [6.07, 6.45) is 2.41. The van der Waals surface area contributed by atoms with Crippen molar-refractivity contribution in [3.05, 3.63) is 17.5 Å². The normalized spacial score (nSPS) is 20.8. The summed E-state index contributed by atoms with van der Waals surface area (Å²) >= 11 is 0. The zero-order valence-corrected chi connectivity index (χ0v) is 9.68. The van der Waals surface area contributed by atoms with E-state index in [9.17, 15) is 4.79 Å². The maximum Gasteiger partial charge on any atom is 0.223 e. The standard InChI is InChI=1S/C11H17N3O2/c1-8-10(5-13(2)12-8)6-14-4-9(7-15)3-11(14)16/h5,9,15H,3-4,6-7H2,1-2H3. The topological polar surface area (TPSA) is 58.4 Å². The Balaban J connectivity index is 2.05. The molecule has 1 aromatic heterocycles. The third-order valence-corrected chi connectivity index (χ3v) is 3.03. The molecule has 1 atom stereocenters. The minimum Gasteiger partial charge on any atom is -0.396 e. The van der Waals surface area contributed by atoms with Gasteiger partial charge in [-0.1, -0.05) is 0 Å². The van der Waals surface area contributed by atoms with E-state index in [1.807, 2.05) is 20.2 Å². The number of carbonyl (C=O) groups excluding carboxylic acids is 1. The number of rotatable bonds is 3. The zero-order chi connectivity index (χ0) is 11.7. The highest BCUT2D eigenvalue weighted by Gasteiger charge is 2.29. The molecule has 88 valence electrons. The Kier molecular flexibility index (Phi) is 2.96. The van der Waals surface area contributed by atoms with Crippen LogP contribution in [0.5, 0.6) is 0 Å². The number of aryl methyl sites for hydroxylation is 2. The summed E-state index contributed by atoms with van der Waals surface area (Å²) in [6.45, 7) is 3.30. The summed E-state index contributed by atoms with van der Waals surface area (Å²) in [5.74, 6) is 0.229. The van der Waals surface area contributed by atoms with Gasteiger partial charge < -0.3 is 10.0 Å². The Labute approximate surface area is 94.7 Å². The molecule has 1 unspecified atom stereocenters. The van der Waals surface area contributed by atoms with E-state index in [0.29, 0.717) is 19.5 Å². The lowest BCUT2D eigenvalue weighted by Gasteiger charge is -2.15. The van der Waals surface area contributed by atoms with Crippen molar-refractivity contribution >= 4 is 5.91 Å². The van der Waals surface area contributed by atoms with Gasteiger partial charge in [-0.15, -0.1) is 0 Å². The first-order chi connectivity index (χ1) is 7.60. The van der Waals surface area contributed by atoms with Gasteiger partial charge in [0.2, 0.25) is 5.91 Å². The van der Waals surface area contributed by atoms with Gasteiger partial charge in [-0.3, -0.25) is 9.48 Å². The van der Waals surface area contributed by atoms with Gasteiger partial charge in [0.15, 0.2) is 0 Å². The highest BCUT2D eigenvalue weighted by Crippen LogP contribution is 2.20. The summed E-state index contributed by atoms with van der Waals surface area (Å²) in [5.41, 5.74) is 2.04. The maximum absolute atomic E-state index is 11.7. The number of carbonyl (C=O) groups is 1. The van der Waals surface area contributed by atoms with Gasteiger partial charge in [0.05, 0.1) is 5.69 Å². The molecule has 0 radical (unpaired) electrons. The molecule has 1 aromatic rings. The van der Waals surface area contributed by atoms with E-state index in [1.54, 1.807) is 9.58 Å². The molecule has 1 saturated heterocycles. The van der Waals surface area contributed by atoms with E-state index in [2.05, 4.69) is 5.10 Å². The van der Waals surface area contributed by atoms with Crippen molar-refractivity contribution in [2.75, 3.05) is 13.2 Å². The number of nitrogens with zero attached hydrogens (tertiary/aromatic N) is 3. The summed E-state index contributed by atoms with van der Waals surface area (Å²) in [6, 6.07) is 0. The lowest BCUT2D eigenvalue weighted by Crippen LogP contribution is -2.25. The monoisotopic (exact) mass is 223 g/mol. The van der Waals surface area contributed by atoms with Gasteiger partial charge in [-0.2, -0.15) is 5.10 Å². The third-order valence-electron chi connectivity index (χ3n) is 3.03. The van der Waals surface area contributed by atoms with E-state index in [0.717, 1.165) is 11.3 Å². The lowest BCUT2D eigenvalue weighted by atomic mass is 10.1. The van der Waals surface area contributed by atoms with Crippen molar-refractivity contribution in [1.82, 2.24) is 14.7 Å². The largest absolute Gasteiger partial charge is 0.396 e. The molecule has 0 saturated carbocycles. The predicted molar refractivity (Wildman–Crippen MR) is 58.6 cm³/mol. The fraction of sp³-hybridized carbons (Fsp3) is 0.636. The molecule has 5 heteroatoms. The maximum atomic E-state index is 11.7. The average Bonchev–Trinajstić information content (AvgIpc) is 2.72. The van der Waals surface area contributed by atoms with Gasteiger partial charge in [0.1, 0.15) is 0 Å².